The zero-order chi connectivity index (χ0) is 16.5. The molecule has 3 heteroatoms. The van der Waals surface area contributed by atoms with Crippen molar-refractivity contribution in [1.82, 2.24) is 5.32 Å². The third kappa shape index (κ3) is 7.63. The fraction of sp³-hybridized carbons (Fsp3) is 0.889. The Morgan fingerprint density at radius 3 is 2.05 bits per heavy atom. The number of carbonyl (C=O) groups is 2. The van der Waals surface area contributed by atoms with Gasteiger partial charge in [0, 0.05) is 12.8 Å². The van der Waals surface area contributed by atoms with Crippen LogP contribution in [0.15, 0.2) is 0 Å². The molecule has 0 aromatic carbocycles. The summed E-state index contributed by atoms with van der Waals surface area (Å²) in [5.74, 6) is 0.698. The van der Waals surface area contributed by atoms with E-state index in [2.05, 4.69) is 5.32 Å². The molecular formula is C18H35NO2. The van der Waals surface area contributed by atoms with Gasteiger partial charge in [-0.15, -0.1) is 0 Å². The number of ketones is 1. The molecule has 0 aromatic rings. The molecule has 1 aliphatic carbocycles. The summed E-state index contributed by atoms with van der Waals surface area (Å²) in [6.07, 6.45) is 7.18. The van der Waals surface area contributed by atoms with Crippen molar-refractivity contribution in [2.75, 3.05) is 0 Å². The van der Waals surface area contributed by atoms with Crippen LogP contribution < -0.4 is 5.32 Å². The van der Waals surface area contributed by atoms with Gasteiger partial charge in [0.1, 0.15) is 0 Å². The number of hydrogen-bond acceptors (Lipinski definition) is 2. The van der Waals surface area contributed by atoms with Crippen LogP contribution in [-0.4, -0.2) is 17.7 Å². The fourth-order valence-electron chi connectivity index (χ4n) is 2.86. The average Bonchev–Trinajstić information content (AvgIpc) is 2.46. The molecule has 1 saturated carbocycles. The van der Waals surface area contributed by atoms with Gasteiger partial charge in [0.05, 0.1) is 6.04 Å². The lowest BCUT2D eigenvalue weighted by molar-refractivity contribution is -0.130. The van der Waals surface area contributed by atoms with Crippen LogP contribution in [0.25, 0.3) is 0 Å². The monoisotopic (exact) mass is 297 g/mol. The summed E-state index contributed by atoms with van der Waals surface area (Å²) < 4.78 is 0. The topological polar surface area (TPSA) is 46.2 Å². The van der Waals surface area contributed by atoms with Gasteiger partial charge in [0.2, 0.25) is 5.91 Å². The third-order valence-corrected chi connectivity index (χ3v) is 4.04. The minimum Gasteiger partial charge on any atom is -0.346 e. The molecule has 0 aromatic heterocycles. The quantitative estimate of drug-likeness (QED) is 0.812. The Morgan fingerprint density at radius 2 is 1.62 bits per heavy atom. The summed E-state index contributed by atoms with van der Waals surface area (Å²) in [6, 6.07) is -0.353. The lowest BCUT2D eigenvalue weighted by atomic mass is 9.82. The summed E-state index contributed by atoms with van der Waals surface area (Å²) in [4.78, 5) is 24.1. The van der Waals surface area contributed by atoms with Crippen molar-refractivity contribution in [2.45, 2.75) is 92.5 Å². The maximum absolute atomic E-state index is 12.1. The van der Waals surface area contributed by atoms with Crippen LogP contribution in [0, 0.1) is 11.3 Å². The molecule has 1 aliphatic rings. The number of amides is 1. The molecule has 3 nitrogen and oxygen atoms in total. The molecule has 0 radical (unpaired) electrons. The number of hydrogen-bond donors (Lipinski definition) is 1. The summed E-state index contributed by atoms with van der Waals surface area (Å²) in [5, 5.41) is 2.97. The molecule has 124 valence electrons. The molecular weight excluding hydrogens is 262 g/mol. The Kier molecular flexibility index (Phi) is 9.56. The van der Waals surface area contributed by atoms with E-state index in [0.717, 1.165) is 12.8 Å². The van der Waals surface area contributed by atoms with Crippen molar-refractivity contribution in [3.05, 3.63) is 0 Å². The Balaban J connectivity index is 0.00000191. The van der Waals surface area contributed by atoms with Crippen molar-refractivity contribution in [3.8, 4) is 0 Å². The highest BCUT2D eigenvalue weighted by atomic mass is 16.2. The predicted molar refractivity (Wildman–Crippen MR) is 89.2 cm³/mol. The van der Waals surface area contributed by atoms with Crippen molar-refractivity contribution in [2.24, 2.45) is 11.3 Å². The van der Waals surface area contributed by atoms with E-state index in [-0.39, 0.29) is 23.1 Å². The van der Waals surface area contributed by atoms with Crippen LogP contribution in [0.1, 0.15) is 86.5 Å². The van der Waals surface area contributed by atoms with Crippen LogP contribution in [0.3, 0.4) is 0 Å². The van der Waals surface area contributed by atoms with Gasteiger partial charge in [0.15, 0.2) is 5.78 Å². The van der Waals surface area contributed by atoms with Gasteiger partial charge in [-0.3, -0.25) is 9.59 Å². The van der Waals surface area contributed by atoms with E-state index in [0.29, 0.717) is 18.8 Å². The van der Waals surface area contributed by atoms with E-state index in [1.165, 1.54) is 19.3 Å². The van der Waals surface area contributed by atoms with Crippen LogP contribution in [0.5, 0.6) is 0 Å². The molecule has 1 unspecified atom stereocenters. The lowest BCUT2D eigenvalue weighted by Gasteiger charge is -2.31. The van der Waals surface area contributed by atoms with Crippen molar-refractivity contribution >= 4 is 11.7 Å². The van der Waals surface area contributed by atoms with E-state index in [9.17, 15) is 9.59 Å². The van der Waals surface area contributed by atoms with Gasteiger partial charge < -0.3 is 5.32 Å². The second-order valence-electron chi connectivity index (χ2n) is 6.89. The maximum Gasteiger partial charge on any atom is 0.220 e. The van der Waals surface area contributed by atoms with Crippen LogP contribution in [0.4, 0.5) is 0 Å². The largest absolute Gasteiger partial charge is 0.346 e. The molecule has 0 spiro atoms. The minimum absolute atomic E-state index is 0.0497. The molecule has 0 saturated heterocycles. The molecule has 0 aliphatic heterocycles. The molecule has 1 amide bonds. The highest BCUT2D eigenvalue weighted by Crippen LogP contribution is 2.27. The molecule has 1 rings (SSSR count). The second kappa shape index (κ2) is 9.97. The standard InChI is InChI=1S/C16H29NO2.C2H6/c1-5-13(18)15(16(2,3)4)17-14(19)11-12-9-7-6-8-10-12;1-2/h12,15H,5-11H2,1-4H3,(H,17,19);1-2H3. The maximum atomic E-state index is 12.1. The van der Waals surface area contributed by atoms with Gasteiger partial charge in [-0.25, -0.2) is 0 Å². The highest BCUT2D eigenvalue weighted by Gasteiger charge is 2.31. The Hall–Kier alpha value is -0.860. The molecule has 1 N–H and O–H groups in total. The first-order valence-corrected chi connectivity index (χ1v) is 8.66. The summed E-state index contributed by atoms with van der Waals surface area (Å²) in [7, 11) is 0. The van der Waals surface area contributed by atoms with Crippen LogP contribution in [0.2, 0.25) is 0 Å². The SMILES string of the molecule is CC.CCC(=O)C(NC(=O)CC1CCCCC1)C(C)(C)C. The van der Waals surface area contributed by atoms with E-state index in [1.54, 1.807) is 0 Å². The first kappa shape index (κ1) is 20.1. The van der Waals surface area contributed by atoms with Crippen LogP contribution in [-0.2, 0) is 9.59 Å². The number of rotatable bonds is 5. The Morgan fingerprint density at radius 1 is 1.10 bits per heavy atom. The third-order valence-electron chi connectivity index (χ3n) is 4.04. The summed E-state index contributed by atoms with van der Waals surface area (Å²) >= 11 is 0. The number of carbonyl (C=O) groups excluding carboxylic acids is 2. The summed E-state index contributed by atoms with van der Waals surface area (Å²) in [5.41, 5.74) is -0.213. The average molecular weight is 297 g/mol. The van der Waals surface area contributed by atoms with Gasteiger partial charge in [-0.05, 0) is 24.2 Å². The van der Waals surface area contributed by atoms with Gasteiger partial charge in [-0.2, -0.15) is 0 Å². The summed E-state index contributed by atoms with van der Waals surface area (Å²) in [6.45, 7) is 11.9. The van der Waals surface area contributed by atoms with Crippen molar-refractivity contribution < 1.29 is 9.59 Å². The smallest absolute Gasteiger partial charge is 0.220 e. The first-order chi connectivity index (χ1) is 9.84. The van der Waals surface area contributed by atoms with E-state index in [1.807, 2.05) is 41.5 Å². The zero-order valence-electron chi connectivity index (χ0n) is 14.9. The Bertz CT molecular complexity index is 312. The van der Waals surface area contributed by atoms with E-state index < -0.39 is 0 Å². The Labute approximate surface area is 131 Å². The van der Waals surface area contributed by atoms with Gasteiger partial charge in [-0.1, -0.05) is 60.8 Å². The van der Waals surface area contributed by atoms with Gasteiger partial charge in [0.25, 0.3) is 0 Å². The molecule has 0 heterocycles. The van der Waals surface area contributed by atoms with Gasteiger partial charge >= 0.3 is 0 Å². The normalized spacial score (nSPS) is 17.4. The first-order valence-electron chi connectivity index (χ1n) is 8.66. The molecule has 21 heavy (non-hydrogen) atoms. The second-order valence-corrected chi connectivity index (χ2v) is 6.89. The molecule has 1 atom stereocenters. The predicted octanol–water partition coefficient (Wildman–Crippen LogP) is 4.49. The highest BCUT2D eigenvalue weighted by molar-refractivity contribution is 5.89. The molecule has 0 bridgehead atoms. The lowest BCUT2D eigenvalue weighted by Crippen LogP contribution is -2.49. The van der Waals surface area contributed by atoms with E-state index in [4.69, 9.17) is 0 Å². The van der Waals surface area contributed by atoms with E-state index >= 15 is 0 Å². The van der Waals surface area contributed by atoms with Crippen molar-refractivity contribution in [1.29, 1.82) is 0 Å². The van der Waals surface area contributed by atoms with Crippen molar-refractivity contribution in [3.63, 3.8) is 0 Å². The minimum atomic E-state index is -0.353. The zero-order valence-corrected chi connectivity index (χ0v) is 14.9. The fourth-order valence-corrected chi connectivity index (χ4v) is 2.86. The number of Topliss-reactive ketones (excluding diaryl/α,β-unsaturated/α-hetero) is 1. The van der Waals surface area contributed by atoms with Crippen LogP contribution >= 0.6 is 0 Å². The molecule has 1 fully saturated rings. The number of nitrogens with one attached hydrogen (secondary N) is 1.